The molecule has 2 rings (SSSR count). The van der Waals surface area contributed by atoms with Crippen molar-refractivity contribution in [2.45, 2.75) is 38.3 Å². The summed E-state index contributed by atoms with van der Waals surface area (Å²) in [4.78, 5) is 23.3. The summed E-state index contributed by atoms with van der Waals surface area (Å²) >= 11 is 0. The maximum absolute atomic E-state index is 11.8. The monoisotopic (exact) mass is 322 g/mol. The molecule has 1 saturated carbocycles. The molecule has 1 aliphatic carbocycles. The second kappa shape index (κ2) is 8.69. The van der Waals surface area contributed by atoms with E-state index in [1.165, 1.54) is 0 Å². The number of amides is 2. The van der Waals surface area contributed by atoms with E-state index >= 15 is 0 Å². The lowest BCUT2D eigenvalue weighted by Crippen LogP contribution is -2.40. The van der Waals surface area contributed by atoms with E-state index in [9.17, 15) is 9.90 Å². The van der Waals surface area contributed by atoms with E-state index < -0.39 is 6.03 Å². The van der Waals surface area contributed by atoms with E-state index in [4.69, 9.17) is 4.84 Å². The van der Waals surface area contributed by atoms with Gasteiger partial charge in [0, 0.05) is 26.8 Å². The van der Waals surface area contributed by atoms with Crippen molar-refractivity contribution in [3.63, 3.8) is 0 Å². The van der Waals surface area contributed by atoms with Gasteiger partial charge in [-0.15, -0.1) is 0 Å². The van der Waals surface area contributed by atoms with E-state index in [1.54, 1.807) is 6.20 Å². The topological polar surface area (TPSA) is 86.7 Å². The molecule has 1 aromatic heterocycles. The molecule has 3 N–H and O–H groups in total. The Hall–Kier alpha value is -1.86. The van der Waals surface area contributed by atoms with Crippen LogP contribution in [0.3, 0.4) is 0 Å². The molecule has 23 heavy (non-hydrogen) atoms. The Balaban J connectivity index is 1.71. The van der Waals surface area contributed by atoms with Crippen LogP contribution in [0.15, 0.2) is 18.3 Å². The molecule has 1 aliphatic rings. The largest absolute Gasteiger partial charge is 0.394 e. The smallest absolute Gasteiger partial charge is 0.338 e. The number of aliphatic hydroxyl groups excluding tert-OH is 1. The zero-order chi connectivity index (χ0) is 16.7. The first kappa shape index (κ1) is 17.5. The summed E-state index contributed by atoms with van der Waals surface area (Å²) in [5.74, 6) is 1.19. The fourth-order valence-corrected chi connectivity index (χ4v) is 2.75. The van der Waals surface area contributed by atoms with Crippen LogP contribution in [0.25, 0.3) is 0 Å². The first-order valence-corrected chi connectivity index (χ1v) is 8.02. The van der Waals surface area contributed by atoms with Crippen LogP contribution in [0.2, 0.25) is 0 Å². The number of hydroxylamine groups is 1. The van der Waals surface area contributed by atoms with Crippen LogP contribution in [-0.4, -0.2) is 42.9 Å². The molecule has 1 fully saturated rings. The van der Waals surface area contributed by atoms with Gasteiger partial charge in [0.05, 0.1) is 6.61 Å². The van der Waals surface area contributed by atoms with E-state index in [-0.39, 0.29) is 12.7 Å². The number of hydrogen-bond acceptors (Lipinski definition) is 5. The number of aromatic nitrogens is 1. The first-order chi connectivity index (χ1) is 11.1. The van der Waals surface area contributed by atoms with Gasteiger partial charge in [-0.2, -0.15) is 0 Å². The molecule has 7 nitrogen and oxygen atoms in total. The normalized spacial score (nSPS) is 16.1. The van der Waals surface area contributed by atoms with Crippen LogP contribution in [0.1, 0.15) is 31.2 Å². The minimum Gasteiger partial charge on any atom is -0.394 e. The van der Waals surface area contributed by atoms with Gasteiger partial charge in [-0.05, 0) is 30.4 Å². The van der Waals surface area contributed by atoms with Crippen molar-refractivity contribution in [2.75, 3.05) is 25.6 Å². The van der Waals surface area contributed by atoms with Gasteiger partial charge < -0.3 is 15.3 Å². The van der Waals surface area contributed by atoms with Gasteiger partial charge in [-0.25, -0.2) is 15.3 Å². The molecule has 0 aromatic carbocycles. The lowest BCUT2D eigenvalue weighted by Gasteiger charge is -2.21. The third kappa shape index (κ3) is 5.37. The Morgan fingerprint density at radius 3 is 2.74 bits per heavy atom. The van der Waals surface area contributed by atoms with Gasteiger partial charge >= 0.3 is 6.03 Å². The molecule has 7 heteroatoms. The van der Waals surface area contributed by atoms with Crippen molar-refractivity contribution in [1.29, 1.82) is 0 Å². The molecular formula is C16H26N4O3. The molecule has 0 spiro atoms. The highest BCUT2D eigenvalue weighted by atomic mass is 16.7. The Morgan fingerprint density at radius 1 is 1.43 bits per heavy atom. The predicted octanol–water partition coefficient (Wildman–Crippen LogP) is 1.43. The van der Waals surface area contributed by atoms with Gasteiger partial charge in [0.15, 0.2) is 0 Å². The third-order valence-electron chi connectivity index (χ3n) is 4.13. The maximum Gasteiger partial charge on any atom is 0.338 e. The van der Waals surface area contributed by atoms with Crippen molar-refractivity contribution in [3.05, 3.63) is 23.9 Å². The third-order valence-corrected chi connectivity index (χ3v) is 4.13. The Morgan fingerprint density at radius 2 is 2.17 bits per heavy atom. The van der Waals surface area contributed by atoms with Crippen LogP contribution in [0, 0.1) is 5.92 Å². The van der Waals surface area contributed by atoms with Gasteiger partial charge in [0.25, 0.3) is 0 Å². The molecule has 2 amide bonds. The van der Waals surface area contributed by atoms with Crippen LogP contribution in [0.4, 0.5) is 10.6 Å². The van der Waals surface area contributed by atoms with Crippen LogP contribution < -0.4 is 15.7 Å². The average molecular weight is 322 g/mol. The summed E-state index contributed by atoms with van der Waals surface area (Å²) in [6.45, 7) is 0.282. The summed E-state index contributed by atoms with van der Waals surface area (Å²) < 4.78 is 0. The zero-order valence-corrected chi connectivity index (χ0v) is 13.8. The number of rotatable bonds is 7. The number of nitrogens with one attached hydrogen (secondary N) is 2. The highest BCUT2D eigenvalue weighted by molar-refractivity contribution is 5.72. The van der Waals surface area contributed by atoms with E-state index in [2.05, 4.69) is 15.8 Å². The van der Waals surface area contributed by atoms with Crippen molar-refractivity contribution in [1.82, 2.24) is 15.8 Å². The second-order valence-electron chi connectivity index (χ2n) is 6.09. The molecular weight excluding hydrogens is 296 g/mol. The lowest BCUT2D eigenvalue weighted by atomic mass is 10.0. The van der Waals surface area contributed by atoms with Gasteiger partial charge in [-0.3, -0.25) is 4.84 Å². The van der Waals surface area contributed by atoms with E-state index in [1.807, 2.05) is 31.1 Å². The molecule has 0 radical (unpaired) electrons. The lowest BCUT2D eigenvalue weighted by molar-refractivity contribution is -0.0612. The summed E-state index contributed by atoms with van der Waals surface area (Å²) in [5, 5.41) is 12.1. The number of carbonyl (C=O) groups excluding carboxylic acids is 1. The van der Waals surface area contributed by atoms with Crippen LogP contribution >= 0.6 is 0 Å². The highest BCUT2D eigenvalue weighted by Crippen LogP contribution is 2.28. The fraction of sp³-hybridized carbons (Fsp3) is 0.625. The number of anilines is 1. The number of hydrogen-bond donors (Lipinski definition) is 3. The summed E-state index contributed by atoms with van der Waals surface area (Å²) in [7, 11) is 3.85. The van der Waals surface area contributed by atoms with Crippen molar-refractivity contribution >= 4 is 11.8 Å². The number of aliphatic hydroxyl groups is 1. The number of nitrogens with zero attached hydrogens (tertiary/aromatic N) is 2. The van der Waals surface area contributed by atoms with Crippen molar-refractivity contribution in [2.24, 2.45) is 5.92 Å². The van der Waals surface area contributed by atoms with Crippen LogP contribution in [0.5, 0.6) is 0 Å². The minimum atomic E-state index is -0.418. The van der Waals surface area contributed by atoms with E-state index in [0.717, 1.165) is 37.1 Å². The summed E-state index contributed by atoms with van der Waals surface area (Å²) in [5.41, 5.74) is 3.27. The summed E-state index contributed by atoms with van der Waals surface area (Å²) in [6.07, 6.45) is 5.80. The molecule has 0 aliphatic heterocycles. The molecule has 1 heterocycles. The second-order valence-corrected chi connectivity index (χ2v) is 6.09. The van der Waals surface area contributed by atoms with Gasteiger partial charge in [0.1, 0.15) is 11.9 Å². The Bertz CT molecular complexity index is 487. The maximum atomic E-state index is 11.8. The van der Waals surface area contributed by atoms with Crippen LogP contribution in [-0.2, 0) is 11.4 Å². The average Bonchev–Trinajstić information content (AvgIpc) is 3.08. The van der Waals surface area contributed by atoms with Gasteiger partial charge in [0.2, 0.25) is 0 Å². The highest BCUT2D eigenvalue weighted by Gasteiger charge is 2.26. The molecule has 128 valence electrons. The molecule has 0 saturated heterocycles. The fourth-order valence-electron chi connectivity index (χ4n) is 2.75. The zero-order valence-electron chi connectivity index (χ0n) is 13.8. The minimum absolute atomic E-state index is 0.0825. The van der Waals surface area contributed by atoms with Crippen molar-refractivity contribution in [3.8, 4) is 0 Å². The summed E-state index contributed by atoms with van der Waals surface area (Å²) in [6, 6.07) is 3.39. The Kier molecular flexibility index (Phi) is 6.61. The first-order valence-electron chi connectivity index (χ1n) is 8.02. The Labute approximate surface area is 137 Å². The quantitative estimate of drug-likeness (QED) is 0.661. The SMILES string of the molecule is CN(C)c1ccc(CNC(=O)NOC(CO)C2CCCC2)cn1. The predicted molar refractivity (Wildman–Crippen MR) is 87.9 cm³/mol. The standard InChI is InChI=1S/C16H26N4O3/c1-20(2)15-8-7-12(9-17-15)10-18-16(22)19-23-14(11-21)13-5-3-4-6-13/h7-9,13-14,21H,3-6,10-11H2,1-2H3,(H2,18,19,22). The number of pyridine rings is 1. The molecule has 1 atom stereocenters. The number of urea groups is 1. The molecule has 1 unspecified atom stereocenters. The molecule has 0 bridgehead atoms. The van der Waals surface area contributed by atoms with Crippen molar-refractivity contribution < 1.29 is 14.7 Å². The molecule has 1 aromatic rings. The number of carbonyl (C=O) groups is 1. The van der Waals surface area contributed by atoms with Gasteiger partial charge in [-0.1, -0.05) is 18.9 Å². The van der Waals surface area contributed by atoms with E-state index in [0.29, 0.717) is 12.5 Å².